The van der Waals surface area contributed by atoms with E-state index >= 15 is 0 Å². The van der Waals surface area contributed by atoms with Crippen molar-refractivity contribution in [2.45, 2.75) is 142 Å². The van der Waals surface area contributed by atoms with Gasteiger partial charge in [0.2, 0.25) is 0 Å². The fourth-order valence-corrected chi connectivity index (χ4v) is 5.30. The Balaban J connectivity index is 4.44. The van der Waals surface area contributed by atoms with Crippen molar-refractivity contribution >= 4 is 19.8 Å². The minimum absolute atomic E-state index is 0.0287. The number of hydrogen-bond acceptors (Lipinski definition) is 7. The van der Waals surface area contributed by atoms with E-state index in [2.05, 4.69) is 50.3 Å². The van der Waals surface area contributed by atoms with Crippen molar-refractivity contribution in [1.29, 1.82) is 0 Å². The molecular weight excluding hydrogens is 617 g/mol. The van der Waals surface area contributed by atoms with Gasteiger partial charge in [-0.2, -0.15) is 0 Å². The first kappa shape index (κ1) is 45.2. The van der Waals surface area contributed by atoms with Crippen LogP contribution in [0.1, 0.15) is 136 Å². The van der Waals surface area contributed by atoms with Crippen LogP contribution in [0.4, 0.5) is 0 Å². The van der Waals surface area contributed by atoms with Crippen molar-refractivity contribution in [3.05, 3.63) is 36.5 Å². The summed E-state index contributed by atoms with van der Waals surface area (Å²) in [5.41, 5.74) is 0. The largest absolute Gasteiger partial charge is 0.472 e. The molecule has 0 spiro atoms. The zero-order valence-electron chi connectivity index (χ0n) is 30.5. The molecule has 0 aromatic heterocycles. The summed E-state index contributed by atoms with van der Waals surface area (Å²) in [4.78, 5) is 35.0. The molecule has 0 radical (unpaired) electrons. The van der Waals surface area contributed by atoms with E-state index in [0.29, 0.717) is 17.4 Å². The number of nitrogens with zero attached hydrogens (tertiary/aromatic N) is 1. The molecule has 1 N–H and O–H groups in total. The van der Waals surface area contributed by atoms with E-state index in [-0.39, 0.29) is 32.0 Å². The Kier molecular flexibility index (Phi) is 29.2. The lowest BCUT2D eigenvalue weighted by Gasteiger charge is -2.24. The second-order valence-electron chi connectivity index (χ2n) is 13.2. The predicted molar refractivity (Wildman–Crippen MR) is 192 cm³/mol. The smallest absolute Gasteiger partial charge is 0.462 e. The van der Waals surface area contributed by atoms with Gasteiger partial charge in [0.05, 0.1) is 27.7 Å². The van der Waals surface area contributed by atoms with Gasteiger partial charge in [0.1, 0.15) is 19.8 Å². The number of unbranched alkanes of at least 4 members (excludes halogenated alkanes) is 12. The van der Waals surface area contributed by atoms with Crippen LogP contribution in [0.5, 0.6) is 0 Å². The molecule has 0 aromatic carbocycles. The first-order valence-electron chi connectivity index (χ1n) is 18.2. The fraction of sp³-hybridized carbons (Fsp3) is 0.784. The van der Waals surface area contributed by atoms with Crippen LogP contribution < -0.4 is 0 Å². The van der Waals surface area contributed by atoms with E-state index in [1.54, 1.807) is 0 Å². The Morgan fingerprint density at radius 1 is 0.681 bits per heavy atom. The molecule has 0 saturated heterocycles. The van der Waals surface area contributed by atoms with Gasteiger partial charge >= 0.3 is 19.8 Å². The number of likely N-dealkylation sites (N-methyl/N-ethyl adjacent to an activating group) is 1. The van der Waals surface area contributed by atoms with Crippen molar-refractivity contribution in [3.8, 4) is 0 Å². The van der Waals surface area contributed by atoms with Crippen molar-refractivity contribution in [2.75, 3.05) is 47.5 Å². The maximum absolute atomic E-state index is 12.5. The second-order valence-corrected chi connectivity index (χ2v) is 14.7. The van der Waals surface area contributed by atoms with E-state index in [1.165, 1.54) is 25.7 Å². The van der Waals surface area contributed by atoms with Crippen molar-refractivity contribution in [1.82, 2.24) is 0 Å². The van der Waals surface area contributed by atoms with Gasteiger partial charge in [-0.05, 0) is 44.9 Å². The summed E-state index contributed by atoms with van der Waals surface area (Å²) in [5, 5.41) is 0. The van der Waals surface area contributed by atoms with Gasteiger partial charge in [-0.25, -0.2) is 4.57 Å². The molecule has 0 saturated carbocycles. The van der Waals surface area contributed by atoms with Gasteiger partial charge in [-0.3, -0.25) is 18.6 Å². The van der Waals surface area contributed by atoms with Gasteiger partial charge in [-0.1, -0.05) is 115 Å². The van der Waals surface area contributed by atoms with Crippen LogP contribution in [0.2, 0.25) is 0 Å². The van der Waals surface area contributed by atoms with Crippen LogP contribution in [0.3, 0.4) is 0 Å². The first-order chi connectivity index (χ1) is 22.5. The van der Waals surface area contributed by atoms with Gasteiger partial charge in [0.15, 0.2) is 6.10 Å². The number of phosphoric ester groups is 1. The standard InChI is InChI=1S/C37H68NO8P/c1-6-8-10-12-14-16-17-18-19-20-21-22-24-25-27-29-36(39)43-33-35(34-45-47(41,42)44-32-31-38(3,4)5)46-37(40)30-28-26-23-15-13-11-9-7-2/h8,10,14,16,18-19,35H,6-7,9,11-13,15,17,20-34H2,1-5H3/p+1/b10-8+,16-14+,19-18+/t35-/m0/s1. The van der Waals surface area contributed by atoms with Crippen LogP contribution in [0.25, 0.3) is 0 Å². The van der Waals surface area contributed by atoms with Crippen LogP contribution in [-0.2, 0) is 32.7 Å². The SMILES string of the molecule is CC/C=C/C/C=C/C/C=C/CCCCCCCC(=O)OC[C@@H](COP(=O)(O)OCC[N+](C)(C)C)OC(=O)CCCCCCCCCC. The average molecular weight is 687 g/mol. The molecule has 9 nitrogen and oxygen atoms in total. The quantitative estimate of drug-likeness (QED) is 0.0245. The van der Waals surface area contributed by atoms with E-state index in [0.717, 1.165) is 77.0 Å². The molecule has 0 rings (SSSR count). The normalized spacial score (nSPS) is 14.3. The topological polar surface area (TPSA) is 108 Å². The molecule has 0 fully saturated rings. The molecule has 0 aliphatic carbocycles. The minimum atomic E-state index is -4.36. The van der Waals surface area contributed by atoms with Crippen molar-refractivity contribution in [2.24, 2.45) is 0 Å². The van der Waals surface area contributed by atoms with Gasteiger partial charge in [-0.15, -0.1) is 0 Å². The van der Waals surface area contributed by atoms with Gasteiger partial charge in [0.25, 0.3) is 0 Å². The number of rotatable bonds is 32. The van der Waals surface area contributed by atoms with E-state index in [1.807, 2.05) is 21.1 Å². The molecule has 0 heterocycles. The Bertz CT molecular complexity index is 913. The van der Waals surface area contributed by atoms with Gasteiger partial charge < -0.3 is 18.9 Å². The molecule has 47 heavy (non-hydrogen) atoms. The van der Waals surface area contributed by atoms with Crippen LogP contribution in [0, 0.1) is 0 Å². The number of hydrogen-bond donors (Lipinski definition) is 1. The maximum Gasteiger partial charge on any atom is 0.472 e. The lowest BCUT2D eigenvalue weighted by atomic mass is 10.1. The minimum Gasteiger partial charge on any atom is -0.462 e. The number of ether oxygens (including phenoxy) is 2. The first-order valence-corrected chi connectivity index (χ1v) is 19.7. The maximum atomic E-state index is 12.5. The Hall–Kier alpha value is -1.77. The number of allylic oxidation sites excluding steroid dienone is 6. The molecule has 1 unspecified atom stereocenters. The second kappa shape index (κ2) is 30.3. The van der Waals surface area contributed by atoms with Crippen molar-refractivity contribution < 1.29 is 42.1 Å². The Labute approximate surface area is 287 Å². The molecule has 0 amide bonds. The van der Waals surface area contributed by atoms with E-state index in [4.69, 9.17) is 18.5 Å². The highest BCUT2D eigenvalue weighted by Gasteiger charge is 2.27. The monoisotopic (exact) mass is 686 g/mol. The third-order valence-electron chi connectivity index (χ3n) is 7.43. The highest BCUT2D eigenvalue weighted by atomic mass is 31.2. The zero-order valence-corrected chi connectivity index (χ0v) is 31.4. The summed E-state index contributed by atoms with van der Waals surface area (Å²) in [7, 11) is 1.46. The Morgan fingerprint density at radius 2 is 1.21 bits per heavy atom. The number of carbonyl (C=O) groups excluding carboxylic acids is 2. The molecule has 0 aromatic rings. The predicted octanol–water partition coefficient (Wildman–Crippen LogP) is 9.40. The summed E-state index contributed by atoms with van der Waals surface area (Å²) < 4.78 is 34.0. The molecular formula is C37H69NO8P+. The van der Waals surface area contributed by atoms with E-state index < -0.39 is 26.5 Å². The molecule has 2 atom stereocenters. The Morgan fingerprint density at radius 3 is 1.81 bits per heavy atom. The lowest BCUT2D eigenvalue weighted by Crippen LogP contribution is -2.37. The molecule has 0 bridgehead atoms. The summed E-state index contributed by atoms with van der Waals surface area (Å²) >= 11 is 0. The number of carbonyl (C=O) groups is 2. The summed E-state index contributed by atoms with van der Waals surface area (Å²) in [5.74, 6) is -0.827. The third kappa shape index (κ3) is 33.9. The summed E-state index contributed by atoms with van der Waals surface area (Å²) in [6.07, 6.45) is 30.6. The number of esters is 2. The summed E-state index contributed by atoms with van der Waals surface area (Å²) in [6.45, 7) is 4.23. The van der Waals surface area contributed by atoms with Crippen LogP contribution >= 0.6 is 7.82 Å². The van der Waals surface area contributed by atoms with Crippen LogP contribution in [-0.4, -0.2) is 74.9 Å². The zero-order chi connectivity index (χ0) is 35.1. The number of quaternary nitrogens is 1. The average Bonchev–Trinajstić information content (AvgIpc) is 3.01. The highest BCUT2D eigenvalue weighted by Crippen LogP contribution is 2.43. The molecule has 274 valence electrons. The fourth-order valence-electron chi connectivity index (χ4n) is 4.56. The van der Waals surface area contributed by atoms with Crippen molar-refractivity contribution in [3.63, 3.8) is 0 Å². The molecule has 0 aliphatic rings. The van der Waals surface area contributed by atoms with Gasteiger partial charge in [0, 0.05) is 12.8 Å². The molecule has 0 aliphatic heterocycles. The van der Waals surface area contributed by atoms with E-state index in [9.17, 15) is 19.0 Å². The van der Waals surface area contributed by atoms with Crippen LogP contribution in [0.15, 0.2) is 36.5 Å². The highest BCUT2D eigenvalue weighted by molar-refractivity contribution is 7.47. The lowest BCUT2D eigenvalue weighted by molar-refractivity contribution is -0.870. The third-order valence-corrected chi connectivity index (χ3v) is 8.42. The number of phosphoric acid groups is 1. The molecule has 10 heteroatoms. The summed E-state index contributed by atoms with van der Waals surface area (Å²) in [6, 6.07) is 0.